The molecule has 0 unspecified atom stereocenters. The van der Waals surface area contributed by atoms with E-state index in [4.69, 9.17) is 27.7 Å². The topological polar surface area (TPSA) is 80.3 Å². The zero-order valence-electron chi connectivity index (χ0n) is 17.1. The molecule has 3 rings (SSSR count). The number of aromatic nitrogens is 3. The summed E-state index contributed by atoms with van der Waals surface area (Å²) in [7, 11) is 3.60. The van der Waals surface area contributed by atoms with Gasteiger partial charge < -0.3 is 19.7 Å². The van der Waals surface area contributed by atoms with Crippen LogP contribution in [-0.4, -0.2) is 27.7 Å². The smallest absolute Gasteiger partial charge is 0.257 e. The second kappa shape index (κ2) is 11.6. The first-order valence-corrected chi connectivity index (χ1v) is 10.1. The Bertz CT molecular complexity index is 1000. The normalized spacial score (nSPS) is 11.3. The minimum absolute atomic E-state index is 0. The summed E-state index contributed by atoms with van der Waals surface area (Å²) in [6.45, 7) is 3.23. The molecule has 0 radical (unpaired) electrons. The molecule has 162 valence electrons. The van der Waals surface area contributed by atoms with Crippen molar-refractivity contribution < 1.29 is 4.52 Å². The molecule has 3 aromatic rings. The first kappa shape index (κ1) is 24.5. The third-order valence-electron chi connectivity index (χ3n) is 4.45. The number of guanidine groups is 1. The standard InChI is InChI=1S/C20H24Cl2N6O.HI/c1-4-6-17-26-19(29-27-17)14-8-5-7-13(9-14)11-24-20(23-2)25-12-15-10-16(21)18(22)28(15)3;/h5,7-10H,4,6,11-12H2,1-3H3,(H2,23,24,25);1H. The predicted molar refractivity (Wildman–Crippen MR) is 132 cm³/mol. The zero-order valence-corrected chi connectivity index (χ0v) is 20.9. The molecule has 0 spiro atoms. The third kappa shape index (κ3) is 6.12. The van der Waals surface area contributed by atoms with Crippen LogP contribution in [-0.2, 0) is 26.6 Å². The molecule has 30 heavy (non-hydrogen) atoms. The Balaban J connectivity index is 0.00000320. The summed E-state index contributed by atoms with van der Waals surface area (Å²) in [4.78, 5) is 8.70. The average Bonchev–Trinajstić information content (AvgIpc) is 3.29. The largest absolute Gasteiger partial charge is 0.352 e. The lowest BCUT2D eigenvalue weighted by atomic mass is 10.1. The highest BCUT2D eigenvalue weighted by Crippen LogP contribution is 2.25. The number of nitrogens with one attached hydrogen (secondary N) is 2. The fraction of sp³-hybridized carbons (Fsp3) is 0.350. The van der Waals surface area contributed by atoms with Gasteiger partial charge in [-0.15, -0.1) is 24.0 Å². The van der Waals surface area contributed by atoms with Gasteiger partial charge in [0.05, 0.1) is 11.6 Å². The summed E-state index contributed by atoms with van der Waals surface area (Å²) >= 11 is 12.2. The number of aliphatic imine (C=N–C) groups is 1. The monoisotopic (exact) mass is 562 g/mol. The van der Waals surface area contributed by atoms with Gasteiger partial charge in [-0.1, -0.05) is 47.4 Å². The molecular formula is C20H25Cl2IN6O. The van der Waals surface area contributed by atoms with E-state index < -0.39 is 0 Å². The maximum atomic E-state index is 6.11. The molecule has 0 saturated carbocycles. The number of aryl methyl sites for hydroxylation is 1. The Morgan fingerprint density at radius 1 is 1.20 bits per heavy atom. The minimum atomic E-state index is 0. The maximum Gasteiger partial charge on any atom is 0.257 e. The van der Waals surface area contributed by atoms with E-state index >= 15 is 0 Å². The van der Waals surface area contributed by atoms with Crippen molar-refractivity contribution in [1.29, 1.82) is 0 Å². The molecule has 2 heterocycles. The van der Waals surface area contributed by atoms with Crippen molar-refractivity contribution in [3.05, 3.63) is 57.6 Å². The molecule has 0 atom stereocenters. The molecule has 10 heteroatoms. The van der Waals surface area contributed by atoms with Crippen molar-refractivity contribution >= 4 is 53.1 Å². The molecule has 0 fully saturated rings. The number of nitrogens with zero attached hydrogens (tertiary/aromatic N) is 4. The van der Waals surface area contributed by atoms with Gasteiger partial charge in [0.1, 0.15) is 5.15 Å². The Morgan fingerprint density at radius 3 is 2.63 bits per heavy atom. The van der Waals surface area contributed by atoms with E-state index in [9.17, 15) is 0 Å². The molecule has 0 bridgehead atoms. The number of halogens is 3. The molecule has 2 aromatic heterocycles. The van der Waals surface area contributed by atoms with Gasteiger partial charge in [0, 0.05) is 38.3 Å². The summed E-state index contributed by atoms with van der Waals surface area (Å²) in [6.07, 6.45) is 1.79. The van der Waals surface area contributed by atoms with Crippen LogP contribution in [0.2, 0.25) is 10.2 Å². The van der Waals surface area contributed by atoms with Crippen LogP contribution >= 0.6 is 47.2 Å². The van der Waals surface area contributed by atoms with Gasteiger partial charge in [0.25, 0.3) is 5.89 Å². The van der Waals surface area contributed by atoms with Crippen LogP contribution < -0.4 is 10.6 Å². The Kier molecular flexibility index (Phi) is 9.44. The molecule has 0 aliphatic carbocycles. The van der Waals surface area contributed by atoms with Crippen LogP contribution in [0.1, 0.15) is 30.4 Å². The van der Waals surface area contributed by atoms with Gasteiger partial charge in [-0.3, -0.25) is 4.99 Å². The molecule has 0 aliphatic heterocycles. The highest BCUT2D eigenvalue weighted by atomic mass is 127. The van der Waals surface area contributed by atoms with Crippen LogP contribution in [0.4, 0.5) is 0 Å². The van der Waals surface area contributed by atoms with Gasteiger partial charge in [-0.2, -0.15) is 4.98 Å². The molecular weight excluding hydrogens is 538 g/mol. The first-order chi connectivity index (χ1) is 14.0. The van der Waals surface area contributed by atoms with Gasteiger partial charge in [0.15, 0.2) is 11.8 Å². The fourth-order valence-corrected chi connectivity index (χ4v) is 3.27. The average molecular weight is 563 g/mol. The Labute approximate surface area is 203 Å². The van der Waals surface area contributed by atoms with Crippen LogP contribution in [0.3, 0.4) is 0 Å². The molecule has 0 amide bonds. The summed E-state index contributed by atoms with van der Waals surface area (Å²) in [5.41, 5.74) is 2.94. The molecule has 7 nitrogen and oxygen atoms in total. The summed E-state index contributed by atoms with van der Waals surface area (Å²) in [6, 6.07) is 9.83. The Hall–Kier alpha value is -1.78. The summed E-state index contributed by atoms with van der Waals surface area (Å²) in [5.74, 6) is 1.94. The minimum Gasteiger partial charge on any atom is -0.352 e. The van der Waals surface area contributed by atoms with E-state index in [0.29, 0.717) is 35.1 Å². The van der Waals surface area contributed by atoms with E-state index in [2.05, 4.69) is 32.7 Å². The predicted octanol–water partition coefficient (Wildman–Crippen LogP) is 4.82. The Morgan fingerprint density at radius 2 is 1.97 bits per heavy atom. The molecule has 0 aliphatic rings. The van der Waals surface area contributed by atoms with Gasteiger partial charge in [-0.05, 0) is 30.2 Å². The van der Waals surface area contributed by atoms with Crippen molar-refractivity contribution in [2.24, 2.45) is 12.0 Å². The van der Waals surface area contributed by atoms with Gasteiger partial charge in [-0.25, -0.2) is 0 Å². The summed E-state index contributed by atoms with van der Waals surface area (Å²) in [5, 5.41) is 11.6. The first-order valence-electron chi connectivity index (χ1n) is 9.37. The highest BCUT2D eigenvalue weighted by molar-refractivity contribution is 14.0. The summed E-state index contributed by atoms with van der Waals surface area (Å²) < 4.78 is 7.21. The lowest BCUT2D eigenvalue weighted by Gasteiger charge is -2.13. The second-order valence-corrected chi connectivity index (χ2v) is 7.34. The third-order valence-corrected chi connectivity index (χ3v) is 5.29. The number of hydrogen-bond acceptors (Lipinski definition) is 4. The van der Waals surface area contributed by atoms with E-state index in [1.165, 1.54) is 0 Å². The van der Waals surface area contributed by atoms with Crippen LogP contribution in [0.5, 0.6) is 0 Å². The molecule has 2 N–H and O–H groups in total. The number of benzene rings is 1. The number of hydrogen-bond donors (Lipinski definition) is 2. The van der Waals surface area contributed by atoms with Crippen molar-refractivity contribution in [2.75, 3.05) is 7.05 Å². The number of rotatable bonds is 7. The van der Waals surface area contributed by atoms with Crippen molar-refractivity contribution in [2.45, 2.75) is 32.9 Å². The molecule has 1 aromatic carbocycles. The van der Waals surface area contributed by atoms with E-state index in [1.807, 2.05) is 41.9 Å². The van der Waals surface area contributed by atoms with E-state index in [-0.39, 0.29) is 24.0 Å². The lowest BCUT2D eigenvalue weighted by Crippen LogP contribution is -2.36. The van der Waals surface area contributed by atoms with Crippen LogP contribution in [0.15, 0.2) is 39.8 Å². The van der Waals surface area contributed by atoms with Crippen LogP contribution in [0.25, 0.3) is 11.5 Å². The second-order valence-electron chi connectivity index (χ2n) is 6.58. The van der Waals surface area contributed by atoms with Gasteiger partial charge in [0.2, 0.25) is 0 Å². The SMILES string of the molecule is CCCc1noc(-c2cccc(CNC(=NC)NCc3cc(Cl)c(Cl)n3C)c2)n1.I. The zero-order chi connectivity index (χ0) is 20.8. The van der Waals surface area contributed by atoms with Crippen molar-refractivity contribution in [3.63, 3.8) is 0 Å². The van der Waals surface area contributed by atoms with E-state index in [0.717, 1.165) is 35.5 Å². The quantitative estimate of drug-likeness (QED) is 0.245. The van der Waals surface area contributed by atoms with Crippen molar-refractivity contribution in [1.82, 2.24) is 25.3 Å². The lowest BCUT2D eigenvalue weighted by molar-refractivity contribution is 0.422. The van der Waals surface area contributed by atoms with Crippen LogP contribution in [0, 0.1) is 0 Å². The highest BCUT2D eigenvalue weighted by Gasteiger charge is 2.11. The van der Waals surface area contributed by atoms with Gasteiger partial charge >= 0.3 is 0 Å². The van der Waals surface area contributed by atoms with E-state index in [1.54, 1.807) is 7.05 Å². The molecule has 0 saturated heterocycles. The fourth-order valence-electron chi connectivity index (χ4n) is 2.85. The van der Waals surface area contributed by atoms with Crippen molar-refractivity contribution in [3.8, 4) is 11.5 Å². The maximum absolute atomic E-state index is 6.11.